The van der Waals surface area contributed by atoms with Crippen molar-refractivity contribution < 1.29 is 10.0 Å². The highest BCUT2D eigenvalue weighted by molar-refractivity contribution is 5.28. The summed E-state index contributed by atoms with van der Waals surface area (Å²) >= 11 is 0. The summed E-state index contributed by atoms with van der Waals surface area (Å²) < 4.78 is 0. The van der Waals surface area contributed by atoms with E-state index in [0.29, 0.717) is 6.42 Å². The molecule has 0 aliphatic carbocycles. The second-order valence-corrected chi connectivity index (χ2v) is 6.42. The highest BCUT2D eigenvalue weighted by atomic mass is 16.6. The first-order chi connectivity index (χ1) is 11.3. The van der Waals surface area contributed by atoms with Gasteiger partial charge in [0.05, 0.1) is 12.3 Å². The zero-order chi connectivity index (χ0) is 18.1. The molecule has 0 saturated heterocycles. The predicted octanol–water partition coefficient (Wildman–Crippen LogP) is 4.86. The molecule has 1 heterocycles. The van der Waals surface area contributed by atoms with Crippen molar-refractivity contribution in [2.45, 2.75) is 59.5 Å². The van der Waals surface area contributed by atoms with Gasteiger partial charge in [0, 0.05) is 18.1 Å². The summed E-state index contributed by atoms with van der Waals surface area (Å²) in [7, 11) is 0. The van der Waals surface area contributed by atoms with Crippen LogP contribution in [0.4, 0.5) is 5.82 Å². The average molecular weight is 332 g/mol. The van der Waals surface area contributed by atoms with Crippen molar-refractivity contribution in [1.82, 2.24) is 4.98 Å². The summed E-state index contributed by atoms with van der Waals surface area (Å²) in [6.07, 6.45) is 10.6. The average Bonchev–Trinajstić information content (AvgIpc) is 2.95. The highest BCUT2D eigenvalue weighted by Crippen LogP contribution is 2.16. The van der Waals surface area contributed by atoms with Crippen LogP contribution < -0.4 is 0 Å². The summed E-state index contributed by atoms with van der Waals surface area (Å²) in [6, 6.07) is 1.46. The molecule has 5 heteroatoms. The molecule has 2 N–H and O–H groups in total. The molecule has 0 bridgehead atoms. The molecule has 0 amide bonds. The second-order valence-electron chi connectivity index (χ2n) is 6.42. The van der Waals surface area contributed by atoms with Crippen molar-refractivity contribution in [1.29, 1.82) is 0 Å². The van der Waals surface area contributed by atoms with Crippen molar-refractivity contribution in [3.05, 3.63) is 62.9 Å². The van der Waals surface area contributed by atoms with Crippen LogP contribution in [0.2, 0.25) is 0 Å². The number of nitro groups is 1. The van der Waals surface area contributed by atoms with Gasteiger partial charge in [-0.2, -0.15) is 0 Å². The first-order valence-electron chi connectivity index (χ1n) is 8.25. The number of H-pyrrole nitrogens is 1. The Bertz CT molecular complexity index is 635. The van der Waals surface area contributed by atoms with Crippen LogP contribution in [-0.4, -0.2) is 21.1 Å². The molecule has 0 fully saturated rings. The van der Waals surface area contributed by atoms with E-state index >= 15 is 0 Å². The lowest BCUT2D eigenvalue weighted by atomic mass is 10.0. The Morgan fingerprint density at radius 2 is 2.00 bits per heavy atom. The minimum Gasteiger partial charge on any atom is -0.388 e. The van der Waals surface area contributed by atoms with E-state index < -0.39 is 11.0 Å². The molecule has 5 nitrogen and oxygen atoms in total. The molecule has 0 aliphatic rings. The fourth-order valence-electron chi connectivity index (χ4n) is 2.31. The van der Waals surface area contributed by atoms with Crippen molar-refractivity contribution in [3.63, 3.8) is 0 Å². The van der Waals surface area contributed by atoms with Crippen molar-refractivity contribution in [3.8, 4) is 0 Å². The number of hydrogen-bond donors (Lipinski definition) is 2. The van der Waals surface area contributed by atoms with Gasteiger partial charge in [0.2, 0.25) is 0 Å². The maximum absolute atomic E-state index is 10.6. The van der Waals surface area contributed by atoms with Gasteiger partial charge in [-0.05, 0) is 57.5 Å². The van der Waals surface area contributed by atoms with Crippen LogP contribution >= 0.6 is 0 Å². The van der Waals surface area contributed by atoms with Crippen LogP contribution in [0.5, 0.6) is 0 Å². The van der Waals surface area contributed by atoms with Gasteiger partial charge < -0.3 is 15.2 Å². The van der Waals surface area contributed by atoms with Gasteiger partial charge in [0.15, 0.2) is 0 Å². The van der Waals surface area contributed by atoms with Crippen LogP contribution in [0, 0.1) is 10.1 Å². The zero-order valence-corrected chi connectivity index (χ0v) is 15.0. The normalized spacial score (nSPS) is 13.7. The molecule has 0 aromatic carbocycles. The number of aromatic amines is 1. The van der Waals surface area contributed by atoms with E-state index in [-0.39, 0.29) is 5.82 Å². The molecule has 132 valence electrons. The fraction of sp³-hybridized carbons (Fsp3) is 0.474. The Labute approximate surface area is 143 Å². The van der Waals surface area contributed by atoms with Gasteiger partial charge in [0.1, 0.15) is 0 Å². The molecule has 1 aromatic rings. The Hall–Kier alpha value is -2.14. The smallest absolute Gasteiger partial charge is 0.321 e. The van der Waals surface area contributed by atoms with Crippen molar-refractivity contribution in [2.24, 2.45) is 0 Å². The number of aliphatic hydroxyl groups is 1. The molecule has 0 spiro atoms. The minimum absolute atomic E-state index is 0.0474. The number of allylic oxidation sites excluding steroid dienone is 5. The van der Waals surface area contributed by atoms with Gasteiger partial charge in [-0.3, -0.25) is 0 Å². The summed E-state index contributed by atoms with van der Waals surface area (Å²) in [4.78, 5) is 12.8. The minimum atomic E-state index is -0.625. The Morgan fingerprint density at radius 1 is 1.29 bits per heavy atom. The third kappa shape index (κ3) is 7.42. The summed E-state index contributed by atoms with van der Waals surface area (Å²) in [6.45, 7) is 8.22. The molecular weight excluding hydrogens is 304 g/mol. The van der Waals surface area contributed by atoms with Crippen LogP contribution in [0.15, 0.2) is 47.2 Å². The van der Waals surface area contributed by atoms with E-state index in [2.05, 4.69) is 37.9 Å². The molecule has 0 radical (unpaired) electrons. The Balaban J connectivity index is 2.49. The largest absolute Gasteiger partial charge is 0.388 e. The number of aliphatic hydroxyl groups excluding tert-OH is 1. The number of nitrogens with one attached hydrogen (secondary N) is 1. The van der Waals surface area contributed by atoms with Gasteiger partial charge >= 0.3 is 5.82 Å². The van der Waals surface area contributed by atoms with E-state index in [1.807, 2.05) is 13.0 Å². The number of aromatic nitrogens is 1. The SMILES string of the molecule is CC(C)=CCC/C(C)=C/C/C=C(\C)[C@H](O)Cc1c[nH]c([N+](=O)[O-])c1. The third-order valence-corrected chi connectivity index (χ3v) is 3.88. The number of hydrogen-bond acceptors (Lipinski definition) is 3. The maximum Gasteiger partial charge on any atom is 0.321 e. The monoisotopic (exact) mass is 332 g/mol. The van der Waals surface area contributed by atoms with Gasteiger partial charge in [-0.15, -0.1) is 0 Å². The highest BCUT2D eigenvalue weighted by Gasteiger charge is 2.12. The third-order valence-electron chi connectivity index (χ3n) is 3.88. The topological polar surface area (TPSA) is 79.2 Å². The quantitative estimate of drug-likeness (QED) is 0.385. The molecule has 1 atom stereocenters. The zero-order valence-electron chi connectivity index (χ0n) is 15.0. The maximum atomic E-state index is 10.6. The first-order valence-corrected chi connectivity index (χ1v) is 8.25. The lowest BCUT2D eigenvalue weighted by Crippen LogP contribution is -2.11. The van der Waals surface area contributed by atoms with Crippen molar-refractivity contribution in [2.75, 3.05) is 0 Å². The predicted molar refractivity (Wildman–Crippen MR) is 98.0 cm³/mol. The van der Waals surface area contributed by atoms with E-state index in [1.54, 1.807) is 6.20 Å². The number of nitrogens with zero attached hydrogens (tertiary/aromatic N) is 1. The van der Waals surface area contributed by atoms with Crippen molar-refractivity contribution >= 4 is 5.82 Å². The molecule has 0 unspecified atom stereocenters. The molecule has 0 aliphatic heterocycles. The Morgan fingerprint density at radius 3 is 2.58 bits per heavy atom. The van der Waals surface area contributed by atoms with Gasteiger partial charge in [-0.25, -0.2) is 4.98 Å². The summed E-state index contributed by atoms with van der Waals surface area (Å²) in [5.74, 6) is -0.0474. The second kappa shape index (κ2) is 9.88. The van der Waals surface area contributed by atoms with E-state index in [1.165, 1.54) is 17.2 Å². The van der Waals surface area contributed by atoms with Gasteiger partial charge in [-0.1, -0.05) is 29.4 Å². The summed E-state index contributed by atoms with van der Waals surface area (Å²) in [5, 5.41) is 20.8. The lowest BCUT2D eigenvalue weighted by molar-refractivity contribution is -0.389. The fourth-order valence-corrected chi connectivity index (χ4v) is 2.31. The molecule has 1 aromatic heterocycles. The molecule has 0 saturated carbocycles. The van der Waals surface area contributed by atoms with Crippen LogP contribution in [-0.2, 0) is 6.42 Å². The Kier molecular flexibility index (Phi) is 8.19. The van der Waals surface area contributed by atoms with Crippen LogP contribution in [0.25, 0.3) is 0 Å². The van der Waals surface area contributed by atoms with E-state index in [9.17, 15) is 15.2 Å². The number of rotatable bonds is 9. The lowest BCUT2D eigenvalue weighted by Gasteiger charge is -2.09. The summed E-state index contributed by atoms with van der Waals surface area (Å²) in [5.41, 5.74) is 4.29. The molecule has 1 rings (SSSR count). The van der Waals surface area contributed by atoms with Crippen LogP contribution in [0.3, 0.4) is 0 Å². The van der Waals surface area contributed by atoms with Crippen LogP contribution in [0.1, 0.15) is 52.5 Å². The van der Waals surface area contributed by atoms with E-state index in [0.717, 1.165) is 30.4 Å². The van der Waals surface area contributed by atoms with Gasteiger partial charge in [0.25, 0.3) is 0 Å². The standard InChI is InChI=1S/C19H28N2O3/c1-14(2)7-5-8-15(3)9-6-10-16(4)18(22)11-17-12-19(20-13-17)21(23)24/h7,9-10,12-13,18,20,22H,5-6,8,11H2,1-4H3/b15-9+,16-10+/t18-/m1/s1. The van der Waals surface area contributed by atoms with E-state index in [4.69, 9.17) is 0 Å². The molecule has 24 heavy (non-hydrogen) atoms. The first kappa shape index (κ1) is 19.9. The molecular formula is C19H28N2O3.